The largest absolute Gasteiger partial charge is 0.493 e. The van der Waals surface area contributed by atoms with E-state index in [2.05, 4.69) is 5.32 Å². The Morgan fingerprint density at radius 2 is 1.73 bits per heavy atom. The molecule has 6 heteroatoms. The lowest BCUT2D eigenvalue weighted by Crippen LogP contribution is -2.49. The van der Waals surface area contributed by atoms with Gasteiger partial charge in [0.15, 0.2) is 18.1 Å². The maximum absolute atomic E-state index is 13.1. The number of para-hydroxylation sites is 2. The first kappa shape index (κ1) is 23.3. The topological polar surface area (TPSA) is 67.9 Å². The lowest BCUT2D eigenvalue weighted by Gasteiger charge is -2.29. The zero-order valence-corrected chi connectivity index (χ0v) is 18.5. The quantitative estimate of drug-likeness (QED) is 0.648. The van der Waals surface area contributed by atoms with Gasteiger partial charge in [0.25, 0.3) is 5.91 Å². The Balaban J connectivity index is 2.16. The van der Waals surface area contributed by atoms with Crippen molar-refractivity contribution in [1.82, 2.24) is 10.2 Å². The molecule has 0 fully saturated rings. The fraction of sp³-hybridized carbons (Fsp3) is 0.417. The normalized spacial score (nSPS) is 11.7. The van der Waals surface area contributed by atoms with E-state index in [0.29, 0.717) is 30.5 Å². The highest BCUT2D eigenvalue weighted by Gasteiger charge is 2.26. The Morgan fingerprint density at radius 1 is 1.03 bits per heavy atom. The molecular formula is C24H32N2O4. The number of hydrogen-bond donors (Lipinski definition) is 1. The van der Waals surface area contributed by atoms with Crippen LogP contribution in [0, 0.1) is 12.8 Å². The fourth-order valence-electron chi connectivity index (χ4n) is 3.00. The van der Waals surface area contributed by atoms with E-state index < -0.39 is 6.04 Å². The first-order valence-electron chi connectivity index (χ1n) is 10.2. The number of hydrogen-bond acceptors (Lipinski definition) is 4. The molecule has 0 aromatic heterocycles. The van der Waals surface area contributed by atoms with Gasteiger partial charge in [0, 0.05) is 13.1 Å². The number of amides is 2. The maximum atomic E-state index is 13.1. The number of rotatable bonds is 10. The molecular weight excluding hydrogens is 380 g/mol. The summed E-state index contributed by atoms with van der Waals surface area (Å²) in [6.45, 7) is 8.50. The van der Waals surface area contributed by atoms with Crippen molar-refractivity contribution in [2.45, 2.75) is 40.3 Å². The summed E-state index contributed by atoms with van der Waals surface area (Å²) < 4.78 is 11.0. The van der Waals surface area contributed by atoms with Crippen LogP contribution in [0.2, 0.25) is 0 Å². The van der Waals surface area contributed by atoms with Crippen LogP contribution in [0.25, 0.3) is 0 Å². The van der Waals surface area contributed by atoms with Crippen molar-refractivity contribution in [3.63, 3.8) is 0 Å². The minimum atomic E-state index is -0.627. The number of methoxy groups -OCH3 is 1. The highest BCUT2D eigenvalue weighted by atomic mass is 16.5. The molecule has 30 heavy (non-hydrogen) atoms. The first-order valence-corrected chi connectivity index (χ1v) is 10.2. The van der Waals surface area contributed by atoms with Gasteiger partial charge in [-0.05, 0) is 37.5 Å². The van der Waals surface area contributed by atoms with Gasteiger partial charge in [0.1, 0.15) is 6.04 Å². The summed E-state index contributed by atoms with van der Waals surface area (Å²) in [5.41, 5.74) is 2.06. The van der Waals surface area contributed by atoms with Crippen LogP contribution in [0.5, 0.6) is 11.5 Å². The van der Waals surface area contributed by atoms with Crippen LogP contribution < -0.4 is 14.8 Å². The van der Waals surface area contributed by atoms with Crippen molar-refractivity contribution in [3.05, 3.63) is 59.7 Å². The number of carbonyl (C=O) groups excluding carboxylic acids is 2. The lowest BCUT2D eigenvalue weighted by molar-refractivity contribution is -0.142. The molecule has 0 unspecified atom stereocenters. The molecule has 0 saturated carbocycles. The molecule has 0 aliphatic heterocycles. The second-order valence-corrected chi connectivity index (χ2v) is 7.77. The van der Waals surface area contributed by atoms with Crippen molar-refractivity contribution >= 4 is 11.8 Å². The number of carbonyl (C=O) groups is 2. The van der Waals surface area contributed by atoms with Gasteiger partial charge in [-0.15, -0.1) is 0 Å². The standard InChI is InChI=1S/C24H32N2O4/c1-17(2)14-25-24(28)19(4)26(15-20-10-8-9-18(3)13-20)23(27)16-30-22-12-7-6-11-21(22)29-5/h6-13,17,19H,14-16H2,1-5H3,(H,25,28)/t19-/m1/s1. The predicted molar refractivity (Wildman–Crippen MR) is 118 cm³/mol. The van der Waals surface area contributed by atoms with Gasteiger partial charge in [0.05, 0.1) is 7.11 Å². The minimum Gasteiger partial charge on any atom is -0.493 e. The van der Waals surface area contributed by atoms with E-state index >= 15 is 0 Å². The molecule has 1 atom stereocenters. The van der Waals surface area contributed by atoms with Crippen LogP contribution in [-0.2, 0) is 16.1 Å². The number of benzene rings is 2. The van der Waals surface area contributed by atoms with Crippen molar-refractivity contribution in [2.75, 3.05) is 20.3 Å². The van der Waals surface area contributed by atoms with Gasteiger partial charge < -0.3 is 19.7 Å². The molecule has 0 saturated heterocycles. The van der Waals surface area contributed by atoms with E-state index in [0.717, 1.165) is 11.1 Å². The van der Waals surface area contributed by atoms with Crippen molar-refractivity contribution < 1.29 is 19.1 Å². The monoisotopic (exact) mass is 412 g/mol. The summed E-state index contributed by atoms with van der Waals surface area (Å²) in [4.78, 5) is 27.3. The Kier molecular flexibility index (Phi) is 8.71. The molecule has 2 aromatic carbocycles. The molecule has 1 N–H and O–H groups in total. The molecule has 2 amide bonds. The SMILES string of the molecule is COc1ccccc1OCC(=O)N(Cc1cccc(C)c1)[C@H](C)C(=O)NCC(C)C. The second kappa shape index (κ2) is 11.2. The molecule has 2 rings (SSSR count). The molecule has 0 spiro atoms. The third-order valence-corrected chi connectivity index (χ3v) is 4.71. The van der Waals surface area contributed by atoms with Crippen LogP contribution in [0.1, 0.15) is 31.9 Å². The zero-order valence-electron chi connectivity index (χ0n) is 18.5. The molecule has 6 nitrogen and oxygen atoms in total. The Labute approximate surface area is 179 Å². The molecule has 0 bridgehead atoms. The van der Waals surface area contributed by atoms with Gasteiger partial charge in [-0.1, -0.05) is 55.8 Å². The van der Waals surface area contributed by atoms with E-state index in [1.165, 1.54) is 0 Å². The summed E-state index contributed by atoms with van der Waals surface area (Å²) in [5, 5.41) is 2.91. The third kappa shape index (κ3) is 6.79. The summed E-state index contributed by atoms with van der Waals surface area (Å²) in [6.07, 6.45) is 0. The number of ether oxygens (including phenoxy) is 2. The Morgan fingerprint density at radius 3 is 2.37 bits per heavy atom. The van der Waals surface area contributed by atoms with E-state index in [1.54, 1.807) is 31.1 Å². The van der Waals surface area contributed by atoms with Crippen LogP contribution in [0.15, 0.2) is 48.5 Å². The zero-order chi connectivity index (χ0) is 22.1. The van der Waals surface area contributed by atoms with Gasteiger partial charge in [0.2, 0.25) is 5.91 Å². The average Bonchev–Trinajstić information content (AvgIpc) is 2.73. The van der Waals surface area contributed by atoms with Gasteiger partial charge in [-0.2, -0.15) is 0 Å². The predicted octanol–water partition coefficient (Wildman–Crippen LogP) is 3.57. The van der Waals surface area contributed by atoms with Crippen molar-refractivity contribution in [2.24, 2.45) is 5.92 Å². The first-order chi connectivity index (χ1) is 14.3. The van der Waals surface area contributed by atoms with Crippen molar-refractivity contribution in [1.29, 1.82) is 0 Å². The van der Waals surface area contributed by atoms with Crippen LogP contribution >= 0.6 is 0 Å². The maximum Gasteiger partial charge on any atom is 0.261 e. The van der Waals surface area contributed by atoms with Crippen molar-refractivity contribution in [3.8, 4) is 11.5 Å². The molecule has 2 aromatic rings. The van der Waals surface area contributed by atoms with Crippen LogP contribution in [-0.4, -0.2) is 43.0 Å². The van der Waals surface area contributed by atoms with E-state index in [-0.39, 0.29) is 18.4 Å². The number of aryl methyl sites for hydroxylation is 1. The van der Waals surface area contributed by atoms with E-state index in [1.807, 2.05) is 57.2 Å². The summed E-state index contributed by atoms with van der Waals surface area (Å²) in [5.74, 6) is 0.923. The highest BCUT2D eigenvalue weighted by molar-refractivity contribution is 5.88. The van der Waals surface area contributed by atoms with Gasteiger partial charge in [-0.3, -0.25) is 9.59 Å². The van der Waals surface area contributed by atoms with Crippen LogP contribution in [0.4, 0.5) is 0 Å². The van der Waals surface area contributed by atoms with E-state index in [4.69, 9.17) is 9.47 Å². The molecule has 0 aliphatic rings. The average molecular weight is 413 g/mol. The molecule has 162 valence electrons. The van der Waals surface area contributed by atoms with Gasteiger partial charge >= 0.3 is 0 Å². The molecule has 0 radical (unpaired) electrons. The summed E-state index contributed by atoms with van der Waals surface area (Å²) >= 11 is 0. The second-order valence-electron chi connectivity index (χ2n) is 7.77. The minimum absolute atomic E-state index is 0.179. The molecule has 0 aliphatic carbocycles. The Hall–Kier alpha value is -3.02. The molecule has 0 heterocycles. The highest BCUT2D eigenvalue weighted by Crippen LogP contribution is 2.25. The van der Waals surface area contributed by atoms with Crippen LogP contribution in [0.3, 0.4) is 0 Å². The fourth-order valence-corrected chi connectivity index (χ4v) is 3.00. The number of nitrogens with zero attached hydrogens (tertiary/aromatic N) is 1. The Bertz CT molecular complexity index is 851. The smallest absolute Gasteiger partial charge is 0.261 e. The summed E-state index contributed by atoms with van der Waals surface area (Å²) in [7, 11) is 1.55. The lowest BCUT2D eigenvalue weighted by atomic mass is 10.1. The summed E-state index contributed by atoms with van der Waals surface area (Å²) in [6, 6.07) is 14.4. The van der Waals surface area contributed by atoms with E-state index in [9.17, 15) is 9.59 Å². The number of nitrogens with one attached hydrogen (secondary N) is 1. The third-order valence-electron chi connectivity index (χ3n) is 4.71. The van der Waals surface area contributed by atoms with Gasteiger partial charge in [-0.25, -0.2) is 0 Å².